The maximum absolute atomic E-state index is 12.7. The van der Waals surface area contributed by atoms with Gasteiger partial charge in [0, 0.05) is 24.3 Å². The lowest BCUT2D eigenvalue weighted by Gasteiger charge is -2.33. The maximum Gasteiger partial charge on any atom is 0.416 e. The predicted octanol–water partition coefficient (Wildman–Crippen LogP) is 2.16. The van der Waals surface area contributed by atoms with E-state index in [1.807, 2.05) is 0 Å². The lowest BCUT2D eigenvalue weighted by molar-refractivity contribution is -0.137. The zero-order valence-electron chi connectivity index (χ0n) is 10.3. The Morgan fingerprint density at radius 3 is 2.37 bits per heavy atom. The van der Waals surface area contributed by atoms with Gasteiger partial charge in [0.05, 0.1) is 18.3 Å². The summed E-state index contributed by atoms with van der Waals surface area (Å²) in [7, 11) is 0. The van der Waals surface area contributed by atoms with Crippen LogP contribution in [0.2, 0.25) is 0 Å². The van der Waals surface area contributed by atoms with Crippen molar-refractivity contribution in [1.29, 1.82) is 0 Å². The van der Waals surface area contributed by atoms with Crippen molar-refractivity contribution in [3.8, 4) is 0 Å². The number of hydrogen-bond acceptors (Lipinski definition) is 3. The molecule has 1 aliphatic heterocycles. The molecule has 0 atom stereocenters. The van der Waals surface area contributed by atoms with E-state index in [-0.39, 0.29) is 12.7 Å². The molecule has 0 bridgehead atoms. The number of alkyl halides is 3. The van der Waals surface area contributed by atoms with Crippen molar-refractivity contribution in [2.45, 2.75) is 31.7 Å². The van der Waals surface area contributed by atoms with Gasteiger partial charge in [-0.2, -0.15) is 13.2 Å². The predicted molar refractivity (Wildman–Crippen MR) is 64.8 cm³/mol. The molecule has 1 aromatic carbocycles. The van der Waals surface area contributed by atoms with Crippen molar-refractivity contribution in [1.82, 2.24) is 0 Å². The van der Waals surface area contributed by atoms with Crippen LogP contribution < -0.4 is 4.90 Å². The van der Waals surface area contributed by atoms with E-state index in [0.717, 1.165) is 12.1 Å². The summed E-state index contributed by atoms with van der Waals surface area (Å²) in [6.07, 6.45) is -3.72. The molecule has 0 spiro atoms. The number of aliphatic hydroxyl groups is 2. The number of anilines is 1. The van der Waals surface area contributed by atoms with E-state index in [1.165, 1.54) is 6.07 Å². The average molecular weight is 275 g/mol. The molecule has 2 rings (SSSR count). The van der Waals surface area contributed by atoms with Crippen LogP contribution in [0.15, 0.2) is 18.2 Å². The van der Waals surface area contributed by atoms with Crippen molar-refractivity contribution in [3.63, 3.8) is 0 Å². The third-order valence-electron chi connectivity index (χ3n) is 3.39. The molecule has 1 aromatic rings. The summed E-state index contributed by atoms with van der Waals surface area (Å²) < 4.78 is 38.1. The zero-order chi connectivity index (χ0) is 14.0. The summed E-state index contributed by atoms with van der Waals surface area (Å²) >= 11 is 0. The standard InChI is InChI=1S/C13H16F3NO2/c14-13(15,16)10-2-1-9(8-18)12(7-10)17-5-3-11(19)4-6-17/h1-2,7,11,18-19H,3-6,8H2. The number of aliphatic hydroxyl groups excluding tert-OH is 2. The van der Waals surface area contributed by atoms with Crippen molar-refractivity contribution in [3.05, 3.63) is 29.3 Å². The molecule has 1 heterocycles. The minimum Gasteiger partial charge on any atom is -0.393 e. The molecule has 19 heavy (non-hydrogen) atoms. The molecular weight excluding hydrogens is 259 g/mol. The Kier molecular flexibility index (Phi) is 4.01. The molecule has 106 valence electrons. The smallest absolute Gasteiger partial charge is 0.393 e. The van der Waals surface area contributed by atoms with Gasteiger partial charge in [-0.15, -0.1) is 0 Å². The molecule has 0 radical (unpaired) electrons. The fraction of sp³-hybridized carbons (Fsp3) is 0.538. The fourth-order valence-electron chi connectivity index (χ4n) is 2.28. The third-order valence-corrected chi connectivity index (χ3v) is 3.39. The van der Waals surface area contributed by atoms with Gasteiger partial charge in [0.25, 0.3) is 0 Å². The monoisotopic (exact) mass is 275 g/mol. The molecule has 6 heteroatoms. The highest BCUT2D eigenvalue weighted by molar-refractivity contribution is 5.56. The molecule has 1 aliphatic rings. The lowest BCUT2D eigenvalue weighted by Crippen LogP contribution is -2.36. The summed E-state index contributed by atoms with van der Waals surface area (Å²) in [5.74, 6) is 0. The highest BCUT2D eigenvalue weighted by Gasteiger charge is 2.32. The molecule has 2 N–H and O–H groups in total. The number of halogens is 3. The molecule has 1 fully saturated rings. The second kappa shape index (κ2) is 5.38. The van der Waals surface area contributed by atoms with Crippen LogP contribution in [0.1, 0.15) is 24.0 Å². The number of hydrogen-bond donors (Lipinski definition) is 2. The van der Waals surface area contributed by atoms with Gasteiger partial charge in [0.2, 0.25) is 0 Å². The van der Waals surface area contributed by atoms with E-state index in [1.54, 1.807) is 4.90 Å². The topological polar surface area (TPSA) is 43.7 Å². The summed E-state index contributed by atoms with van der Waals surface area (Å²) in [6, 6.07) is 3.36. The Morgan fingerprint density at radius 1 is 1.21 bits per heavy atom. The summed E-state index contributed by atoms with van der Waals surface area (Å²) in [6.45, 7) is 0.692. The molecular formula is C13H16F3NO2. The van der Waals surface area contributed by atoms with E-state index in [4.69, 9.17) is 0 Å². The van der Waals surface area contributed by atoms with Gasteiger partial charge in [-0.25, -0.2) is 0 Å². The van der Waals surface area contributed by atoms with E-state index in [9.17, 15) is 23.4 Å². The minimum atomic E-state index is -4.39. The SMILES string of the molecule is OCc1ccc(C(F)(F)F)cc1N1CCC(O)CC1. The normalized spacial score (nSPS) is 17.8. The van der Waals surface area contributed by atoms with Crippen LogP contribution in [0.3, 0.4) is 0 Å². The van der Waals surface area contributed by atoms with Crippen LogP contribution in [0.5, 0.6) is 0 Å². The first kappa shape index (κ1) is 14.1. The summed E-state index contributed by atoms with van der Waals surface area (Å²) in [5.41, 5.74) is 0.166. The second-order valence-corrected chi connectivity index (χ2v) is 4.72. The van der Waals surface area contributed by atoms with Crippen molar-refractivity contribution in [2.75, 3.05) is 18.0 Å². The molecule has 3 nitrogen and oxygen atoms in total. The second-order valence-electron chi connectivity index (χ2n) is 4.72. The first-order chi connectivity index (χ1) is 8.91. The Hall–Kier alpha value is -1.27. The number of benzene rings is 1. The Balaban J connectivity index is 2.31. The highest BCUT2D eigenvalue weighted by atomic mass is 19.4. The minimum absolute atomic E-state index is 0.299. The molecule has 0 aliphatic carbocycles. The van der Waals surface area contributed by atoms with E-state index < -0.39 is 11.7 Å². The fourth-order valence-corrected chi connectivity index (χ4v) is 2.28. The average Bonchev–Trinajstić information content (AvgIpc) is 2.38. The number of piperidine rings is 1. The van der Waals surface area contributed by atoms with Crippen molar-refractivity contribution in [2.24, 2.45) is 0 Å². The Bertz CT molecular complexity index is 440. The van der Waals surface area contributed by atoms with Crippen LogP contribution in [-0.4, -0.2) is 29.4 Å². The third kappa shape index (κ3) is 3.19. The van der Waals surface area contributed by atoms with E-state index in [0.29, 0.717) is 37.2 Å². The van der Waals surface area contributed by atoms with Gasteiger partial charge in [-0.1, -0.05) is 6.07 Å². The van der Waals surface area contributed by atoms with Gasteiger partial charge in [0.15, 0.2) is 0 Å². The van der Waals surface area contributed by atoms with Crippen LogP contribution >= 0.6 is 0 Å². The number of nitrogens with zero attached hydrogens (tertiary/aromatic N) is 1. The van der Waals surface area contributed by atoms with E-state index in [2.05, 4.69) is 0 Å². The zero-order valence-corrected chi connectivity index (χ0v) is 10.3. The van der Waals surface area contributed by atoms with Gasteiger partial charge in [-0.3, -0.25) is 0 Å². The summed E-state index contributed by atoms with van der Waals surface area (Å²) in [4.78, 5) is 1.79. The van der Waals surface area contributed by atoms with Crippen LogP contribution in [-0.2, 0) is 12.8 Å². The van der Waals surface area contributed by atoms with Crippen LogP contribution in [0, 0.1) is 0 Å². The van der Waals surface area contributed by atoms with Crippen LogP contribution in [0.25, 0.3) is 0 Å². The lowest BCUT2D eigenvalue weighted by atomic mass is 10.0. The van der Waals surface area contributed by atoms with Gasteiger partial charge >= 0.3 is 6.18 Å². The first-order valence-corrected chi connectivity index (χ1v) is 6.16. The van der Waals surface area contributed by atoms with Crippen LogP contribution in [0.4, 0.5) is 18.9 Å². The van der Waals surface area contributed by atoms with Crippen molar-refractivity contribution >= 4 is 5.69 Å². The van der Waals surface area contributed by atoms with Gasteiger partial charge in [-0.05, 0) is 25.0 Å². The summed E-state index contributed by atoms with van der Waals surface area (Å²) in [5, 5.41) is 18.7. The highest BCUT2D eigenvalue weighted by Crippen LogP contribution is 2.34. The largest absolute Gasteiger partial charge is 0.416 e. The Labute approximate surface area is 109 Å². The van der Waals surface area contributed by atoms with Gasteiger partial charge < -0.3 is 15.1 Å². The van der Waals surface area contributed by atoms with Crippen molar-refractivity contribution < 1.29 is 23.4 Å². The Morgan fingerprint density at radius 2 is 1.84 bits per heavy atom. The first-order valence-electron chi connectivity index (χ1n) is 6.16. The maximum atomic E-state index is 12.7. The quantitative estimate of drug-likeness (QED) is 0.869. The van der Waals surface area contributed by atoms with Gasteiger partial charge in [0.1, 0.15) is 0 Å². The van der Waals surface area contributed by atoms with E-state index >= 15 is 0 Å². The number of rotatable bonds is 2. The molecule has 1 saturated heterocycles. The molecule has 0 aromatic heterocycles. The molecule has 0 amide bonds. The molecule has 0 unspecified atom stereocenters. The molecule has 0 saturated carbocycles.